The number of ether oxygens (including phenoxy) is 4. The van der Waals surface area contributed by atoms with E-state index in [1.807, 2.05) is 60.7 Å². The smallest absolute Gasteiger partial charge is 0.342 e. The molecule has 212 valence electrons. The van der Waals surface area contributed by atoms with Crippen LogP contribution in [0, 0.1) is 0 Å². The zero-order valence-corrected chi connectivity index (χ0v) is 24.0. The third-order valence-corrected chi connectivity index (χ3v) is 6.10. The molecule has 3 aromatic carbocycles. The van der Waals surface area contributed by atoms with Crippen LogP contribution in [-0.4, -0.2) is 38.5 Å². The Morgan fingerprint density at radius 1 is 0.854 bits per heavy atom. The zero-order chi connectivity index (χ0) is 29.8. The molecule has 0 aliphatic rings. The van der Waals surface area contributed by atoms with E-state index in [2.05, 4.69) is 6.58 Å². The van der Waals surface area contributed by atoms with Crippen LogP contribution in [0.2, 0.25) is 5.02 Å². The van der Waals surface area contributed by atoms with Gasteiger partial charge in [-0.2, -0.15) is 0 Å². The van der Waals surface area contributed by atoms with Crippen molar-refractivity contribution in [1.82, 2.24) is 0 Å². The summed E-state index contributed by atoms with van der Waals surface area (Å²) in [5.41, 5.74) is 1.43. The van der Waals surface area contributed by atoms with Crippen molar-refractivity contribution in [3.05, 3.63) is 135 Å². The van der Waals surface area contributed by atoms with E-state index in [0.717, 1.165) is 11.1 Å². The average Bonchev–Trinajstić information content (AvgIpc) is 2.98. The molecule has 0 fully saturated rings. The quantitative estimate of drug-likeness (QED) is 0.0921. The molecule has 3 rings (SSSR count). The summed E-state index contributed by atoms with van der Waals surface area (Å²) in [4.78, 5) is 39.3. The van der Waals surface area contributed by atoms with E-state index in [4.69, 9.17) is 42.1 Å². The molecule has 3 aromatic rings. The Morgan fingerprint density at radius 2 is 1.44 bits per heavy atom. The second-order valence-corrected chi connectivity index (χ2v) is 9.53. The number of carbonyl (C=O) groups is 3. The number of ketones is 1. The Labute approximate surface area is 248 Å². The first-order valence-corrected chi connectivity index (χ1v) is 13.1. The molecular weight excluding hydrogens is 567 g/mol. The molecule has 0 atom stereocenters. The number of hydrogen-bond donors (Lipinski definition) is 0. The largest absolute Gasteiger partial charge is 0.494 e. The van der Waals surface area contributed by atoms with Crippen molar-refractivity contribution in [2.75, 3.05) is 20.8 Å². The molecule has 0 aliphatic carbocycles. The summed E-state index contributed by atoms with van der Waals surface area (Å²) in [5, 5.41) is 0.192. The van der Waals surface area contributed by atoms with Crippen molar-refractivity contribution in [1.29, 1.82) is 0 Å². The fourth-order valence-corrected chi connectivity index (χ4v) is 4.16. The fourth-order valence-electron chi connectivity index (χ4n) is 3.63. The van der Waals surface area contributed by atoms with Gasteiger partial charge in [-0.25, -0.2) is 9.59 Å². The topological polar surface area (TPSA) is 88.1 Å². The molecule has 0 radical (unpaired) electrons. The van der Waals surface area contributed by atoms with Gasteiger partial charge in [0.15, 0.2) is 11.5 Å². The van der Waals surface area contributed by atoms with Gasteiger partial charge in [-0.15, -0.1) is 0 Å². The maximum absolute atomic E-state index is 13.7. The highest BCUT2D eigenvalue weighted by molar-refractivity contribution is 6.33. The highest BCUT2D eigenvalue weighted by Gasteiger charge is 2.23. The molecule has 0 N–H and O–H groups in total. The molecular formula is C32H28Cl2O7. The highest BCUT2D eigenvalue weighted by Crippen LogP contribution is 2.32. The Morgan fingerprint density at radius 3 is 2.00 bits per heavy atom. The number of rotatable bonds is 13. The van der Waals surface area contributed by atoms with Crippen molar-refractivity contribution in [2.24, 2.45) is 0 Å². The highest BCUT2D eigenvalue weighted by atomic mass is 35.5. The lowest BCUT2D eigenvalue weighted by Gasteiger charge is -2.13. The van der Waals surface area contributed by atoms with E-state index >= 15 is 0 Å². The normalized spacial score (nSPS) is 11.5. The van der Waals surface area contributed by atoms with Crippen molar-refractivity contribution in [2.45, 2.75) is 13.2 Å². The number of benzene rings is 3. The molecule has 0 aromatic heterocycles. The van der Waals surface area contributed by atoms with Gasteiger partial charge in [0.2, 0.25) is 0 Å². The molecule has 0 spiro atoms. The van der Waals surface area contributed by atoms with Crippen LogP contribution in [0.15, 0.2) is 108 Å². The first kappa shape index (κ1) is 31.4. The van der Waals surface area contributed by atoms with E-state index in [-0.39, 0.29) is 57.9 Å². The predicted molar refractivity (Wildman–Crippen MR) is 157 cm³/mol. The van der Waals surface area contributed by atoms with Crippen molar-refractivity contribution < 1.29 is 33.3 Å². The van der Waals surface area contributed by atoms with Gasteiger partial charge in [0.1, 0.15) is 18.8 Å². The monoisotopic (exact) mass is 594 g/mol. The number of hydrogen-bond acceptors (Lipinski definition) is 7. The first-order valence-electron chi connectivity index (χ1n) is 12.3. The number of carbonyl (C=O) groups excluding carboxylic acids is 3. The average molecular weight is 595 g/mol. The minimum atomic E-state index is -0.741. The number of allylic oxidation sites excluding steroid dienone is 2. The summed E-state index contributed by atoms with van der Waals surface area (Å²) in [6.07, 6.45) is 2.59. The van der Waals surface area contributed by atoms with Crippen molar-refractivity contribution in [3.63, 3.8) is 0 Å². The molecule has 0 unspecified atom stereocenters. The minimum absolute atomic E-state index is 0.00402. The van der Waals surface area contributed by atoms with Gasteiger partial charge in [0.25, 0.3) is 0 Å². The first-order chi connectivity index (χ1) is 19.7. The zero-order valence-electron chi connectivity index (χ0n) is 22.5. The Balaban J connectivity index is 1.91. The van der Waals surface area contributed by atoms with Gasteiger partial charge in [0, 0.05) is 23.3 Å². The summed E-state index contributed by atoms with van der Waals surface area (Å²) >= 11 is 12.6. The lowest BCUT2D eigenvalue weighted by molar-refractivity contribution is -0.139. The van der Waals surface area contributed by atoms with Crippen LogP contribution < -0.4 is 4.74 Å². The second kappa shape index (κ2) is 15.6. The SMILES string of the molecule is C=C(/C=C(\C=C(\Cl)COC)C(=O)c1cc(Cl)c(OC)c(C(=O)OCc2ccccc2)c1)C(=O)OCc1ccccc1. The van der Waals surface area contributed by atoms with Crippen molar-refractivity contribution >= 4 is 40.9 Å². The number of Topliss-reactive ketones (excluding diaryl/α,β-unsaturated/α-hetero) is 1. The molecule has 0 saturated heterocycles. The molecule has 0 aliphatic heterocycles. The van der Waals surface area contributed by atoms with E-state index in [9.17, 15) is 14.4 Å². The Kier molecular flexibility index (Phi) is 11.9. The van der Waals surface area contributed by atoms with Crippen LogP contribution in [0.5, 0.6) is 5.75 Å². The molecule has 0 amide bonds. The summed E-state index contributed by atoms with van der Waals surface area (Å²) in [6.45, 7) is 3.79. The van der Waals surface area contributed by atoms with Gasteiger partial charge in [-0.1, -0.05) is 90.4 Å². The van der Waals surface area contributed by atoms with E-state index < -0.39 is 17.7 Å². The van der Waals surface area contributed by atoms with E-state index in [1.165, 1.54) is 38.5 Å². The molecule has 7 nitrogen and oxygen atoms in total. The lowest BCUT2D eigenvalue weighted by Crippen LogP contribution is -2.12. The maximum atomic E-state index is 13.7. The summed E-state index contributed by atoms with van der Waals surface area (Å²) in [5.74, 6) is -2.02. The van der Waals surface area contributed by atoms with Gasteiger partial charge in [-0.3, -0.25) is 4.79 Å². The van der Waals surface area contributed by atoms with Crippen LogP contribution >= 0.6 is 23.2 Å². The molecule has 9 heteroatoms. The summed E-state index contributed by atoms with van der Waals surface area (Å²) < 4.78 is 21.1. The van der Waals surface area contributed by atoms with Crippen LogP contribution in [0.3, 0.4) is 0 Å². The molecule has 41 heavy (non-hydrogen) atoms. The van der Waals surface area contributed by atoms with Crippen LogP contribution in [-0.2, 0) is 32.2 Å². The van der Waals surface area contributed by atoms with Crippen LogP contribution in [0.1, 0.15) is 31.8 Å². The van der Waals surface area contributed by atoms with E-state index in [1.54, 1.807) is 0 Å². The third-order valence-electron chi connectivity index (χ3n) is 5.60. The second-order valence-electron chi connectivity index (χ2n) is 8.64. The van der Waals surface area contributed by atoms with Crippen LogP contribution in [0.25, 0.3) is 0 Å². The maximum Gasteiger partial charge on any atom is 0.342 e. The van der Waals surface area contributed by atoms with Gasteiger partial charge in [0.05, 0.1) is 24.3 Å². The summed E-state index contributed by atoms with van der Waals surface area (Å²) in [7, 11) is 2.79. The number of esters is 2. The van der Waals surface area contributed by atoms with Crippen molar-refractivity contribution in [3.8, 4) is 5.75 Å². The molecule has 0 saturated carbocycles. The van der Waals surface area contributed by atoms with E-state index in [0.29, 0.717) is 0 Å². The van der Waals surface area contributed by atoms with Gasteiger partial charge in [-0.05, 0) is 35.4 Å². The summed E-state index contributed by atoms with van der Waals surface area (Å²) in [6, 6.07) is 20.9. The number of halogens is 2. The predicted octanol–water partition coefficient (Wildman–Crippen LogP) is 6.88. The third kappa shape index (κ3) is 9.18. The fraction of sp³-hybridized carbons (Fsp3) is 0.156. The molecule has 0 heterocycles. The number of methoxy groups -OCH3 is 2. The Bertz CT molecular complexity index is 1460. The standard InChI is InChI=1S/C32H28Cl2O7/c1-21(31(36)40-18-22-10-6-4-7-11-22)14-24(15-26(33)20-38-2)29(35)25-16-27(30(39-3)28(34)17-25)32(37)41-19-23-12-8-5-9-13-23/h4-17H,1,18-20H2,2-3H3/b24-14+,26-15+. The lowest BCUT2D eigenvalue weighted by atomic mass is 9.98. The Hall–Kier alpha value is -4.17. The van der Waals surface area contributed by atoms with Gasteiger partial charge >= 0.3 is 11.9 Å². The molecule has 0 bridgehead atoms. The minimum Gasteiger partial charge on any atom is -0.494 e. The van der Waals surface area contributed by atoms with Gasteiger partial charge < -0.3 is 18.9 Å². The van der Waals surface area contributed by atoms with Crippen LogP contribution in [0.4, 0.5) is 0 Å².